The van der Waals surface area contributed by atoms with Crippen LogP contribution < -0.4 is 5.32 Å². The SMILES string of the molecule is Cc1cccc([N+](=O)[O-])c1C(=O)NC[C@@]1(O)CCCC(C)(C)C1. The number of nitrogens with zero attached hydrogens (tertiary/aromatic N) is 1. The summed E-state index contributed by atoms with van der Waals surface area (Å²) in [5, 5.41) is 24.5. The Morgan fingerprint density at radius 2 is 2.09 bits per heavy atom. The summed E-state index contributed by atoms with van der Waals surface area (Å²) in [5.74, 6) is -0.508. The van der Waals surface area contributed by atoms with Crippen LogP contribution in [0.15, 0.2) is 18.2 Å². The zero-order valence-electron chi connectivity index (χ0n) is 13.9. The van der Waals surface area contributed by atoms with Gasteiger partial charge in [-0.3, -0.25) is 14.9 Å². The molecule has 1 saturated carbocycles. The van der Waals surface area contributed by atoms with Crippen LogP contribution in [-0.2, 0) is 0 Å². The number of carbonyl (C=O) groups excluding carboxylic acids is 1. The van der Waals surface area contributed by atoms with E-state index in [4.69, 9.17) is 0 Å². The van der Waals surface area contributed by atoms with E-state index in [-0.39, 0.29) is 23.2 Å². The van der Waals surface area contributed by atoms with Gasteiger partial charge in [0.05, 0.1) is 10.5 Å². The summed E-state index contributed by atoms with van der Waals surface area (Å²) in [4.78, 5) is 23.0. The third-order valence-corrected chi connectivity index (χ3v) is 4.56. The molecule has 2 rings (SSSR count). The standard InChI is InChI=1S/C17H24N2O4/c1-12-6-4-7-13(19(22)23)14(12)15(20)18-11-17(21)9-5-8-16(2,3)10-17/h4,6-7,21H,5,8-11H2,1-3H3,(H,18,20)/t17-/m1/s1. The van der Waals surface area contributed by atoms with Crippen molar-refractivity contribution >= 4 is 11.6 Å². The maximum atomic E-state index is 12.4. The van der Waals surface area contributed by atoms with E-state index < -0.39 is 16.4 Å². The molecule has 0 unspecified atom stereocenters. The van der Waals surface area contributed by atoms with Crippen molar-refractivity contribution in [2.24, 2.45) is 5.41 Å². The fraction of sp³-hybridized carbons (Fsp3) is 0.588. The van der Waals surface area contributed by atoms with Crippen LogP contribution in [0.25, 0.3) is 0 Å². The molecule has 0 saturated heterocycles. The molecule has 6 heteroatoms. The molecule has 0 spiro atoms. The van der Waals surface area contributed by atoms with Gasteiger partial charge in [0.25, 0.3) is 11.6 Å². The lowest BCUT2D eigenvalue weighted by molar-refractivity contribution is -0.385. The lowest BCUT2D eigenvalue weighted by atomic mass is 9.70. The number of hydrogen-bond acceptors (Lipinski definition) is 4. The number of amides is 1. The van der Waals surface area contributed by atoms with Crippen molar-refractivity contribution in [1.82, 2.24) is 5.32 Å². The number of nitro groups is 1. The Labute approximate surface area is 136 Å². The van der Waals surface area contributed by atoms with Gasteiger partial charge in [-0.25, -0.2) is 0 Å². The van der Waals surface area contributed by atoms with Gasteiger partial charge in [0.1, 0.15) is 5.56 Å². The molecule has 1 amide bonds. The maximum absolute atomic E-state index is 12.4. The van der Waals surface area contributed by atoms with E-state index in [0.717, 1.165) is 12.8 Å². The Bertz CT molecular complexity index is 627. The zero-order chi connectivity index (χ0) is 17.3. The third kappa shape index (κ3) is 4.07. The largest absolute Gasteiger partial charge is 0.388 e. The quantitative estimate of drug-likeness (QED) is 0.659. The normalized spacial score (nSPS) is 23.3. The third-order valence-electron chi connectivity index (χ3n) is 4.56. The fourth-order valence-corrected chi connectivity index (χ4v) is 3.55. The second-order valence-electron chi connectivity index (χ2n) is 7.33. The molecule has 1 fully saturated rings. The summed E-state index contributed by atoms with van der Waals surface area (Å²) in [7, 11) is 0. The van der Waals surface area contributed by atoms with E-state index >= 15 is 0 Å². The van der Waals surface area contributed by atoms with Crippen LogP contribution in [0.1, 0.15) is 55.5 Å². The molecule has 1 atom stereocenters. The number of nitrogens with one attached hydrogen (secondary N) is 1. The predicted molar refractivity (Wildman–Crippen MR) is 87.4 cm³/mol. The van der Waals surface area contributed by atoms with Crippen LogP contribution in [0, 0.1) is 22.5 Å². The topological polar surface area (TPSA) is 92.5 Å². The van der Waals surface area contributed by atoms with Crippen LogP contribution in [0.4, 0.5) is 5.69 Å². The van der Waals surface area contributed by atoms with Crippen molar-refractivity contribution in [3.05, 3.63) is 39.4 Å². The van der Waals surface area contributed by atoms with E-state index in [1.165, 1.54) is 6.07 Å². The number of benzene rings is 1. The minimum Gasteiger partial charge on any atom is -0.388 e. The monoisotopic (exact) mass is 320 g/mol. The number of aliphatic hydroxyl groups is 1. The summed E-state index contributed by atoms with van der Waals surface area (Å²) in [6.45, 7) is 5.98. The summed E-state index contributed by atoms with van der Waals surface area (Å²) < 4.78 is 0. The van der Waals surface area contributed by atoms with E-state index in [1.807, 2.05) is 0 Å². The number of hydrogen-bond donors (Lipinski definition) is 2. The Hall–Kier alpha value is -1.95. The molecular formula is C17H24N2O4. The molecule has 0 aliphatic heterocycles. The van der Waals surface area contributed by atoms with Crippen LogP contribution in [-0.4, -0.2) is 28.1 Å². The molecule has 0 bridgehead atoms. The van der Waals surface area contributed by atoms with E-state index in [0.29, 0.717) is 18.4 Å². The Morgan fingerprint density at radius 1 is 1.39 bits per heavy atom. The summed E-state index contributed by atoms with van der Waals surface area (Å²) in [5.41, 5.74) is -0.511. The van der Waals surface area contributed by atoms with E-state index in [2.05, 4.69) is 19.2 Å². The van der Waals surface area contributed by atoms with Crippen molar-refractivity contribution in [2.75, 3.05) is 6.54 Å². The first-order valence-corrected chi connectivity index (χ1v) is 7.88. The lowest BCUT2D eigenvalue weighted by Gasteiger charge is -2.41. The highest BCUT2D eigenvalue weighted by molar-refractivity contribution is 5.99. The molecule has 126 valence electrons. The summed E-state index contributed by atoms with van der Waals surface area (Å²) >= 11 is 0. The maximum Gasteiger partial charge on any atom is 0.282 e. The van der Waals surface area contributed by atoms with Gasteiger partial charge < -0.3 is 10.4 Å². The lowest BCUT2D eigenvalue weighted by Crippen LogP contribution is -2.48. The first-order valence-electron chi connectivity index (χ1n) is 7.88. The van der Waals surface area contributed by atoms with E-state index in [9.17, 15) is 20.0 Å². The summed E-state index contributed by atoms with van der Waals surface area (Å²) in [6.07, 6.45) is 3.19. The van der Waals surface area contributed by atoms with Crippen molar-refractivity contribution in [2.45, 2.75) is 52.1 Å². The second kappa shape index (κ2) is 6.28. The predicted octanol–water partition coefficient (Wildman–Crippen LogP) is 2.96. The van der Waals surface area contributed by atoms with Gasteiger partial charge in [-0.2, -0.15) is 0 Å². The highest BCUT2D eigenvalue weighted by atomic mass is 16.6. The van der Waals surface area contributed by atoms with Crippen LogP contribution in [0.5, 0.6) is 0 Å². The van der Waals surface area contributed by atoms with E-state index in [1.54, 1.807) is 19.1 Å². The molecule has 0 aromatic heterocycles. The smallest absolute Gasteiger partial charge is 0.282 e. The van der Waals surface area contributed by atoms with Gasteiger partial charge in [-0.1, -0.05) is 26.0 Å². The van der Waals surface area contributed by atoms with Crippen molar-refractivity contribution in [3.8, 4) is 0 Å². The van der Waals surface area contributed by atoms with Crippen molar-refractivity contribution in [1.29, 1.82) is 0 Å². The van der Waals surface area contributed by atoms with Gasteiger partial charge in [0.2, 0.25) is 0 Å². The molecule has 2 N–H and O–H groups in total. The van der Waals surface area contributed by atoms with Crippen molar-refractivity contribution in [3.63, 3.8) is 0 Å². The van der Waals surface area contributed by atoms with Gasteiger partial charge in [-0.15, -0.1) is 0 Å². The van der Waals surface area contributed by atoms with Gasteiger partial charge in [0.15, 0.2) is 0 Å². The molecule has 1 aliphatic carbocycles. The highest BCUT2D eigenvalue weighted by Crippen LogP contribution is 2.40. The first kappa shape index (κ1) is 17.4. The number of carbonyl (C=O) groups is 1. The Morgan fingerprint density at radius 3 is 2.70 bits per heavy atom. The molecule has 0 heterocycles. The molecule has 1 aromatic carbocycles. The minimum absolute atomic E-state index is 0.0341. The van der Waals surface area contributed by atoms with Crippen LogP contribution in [0.3, 0.4) is 0 Å². The molecule has 0 radical (unpaired) electrons. The Balaban J connectivity index is 2.13. The summed E-state index contributed by atoms with van der Waals surface area (Å²) in [6, 6.07) is 4.54. The average molecular weight is 320 g/mol. The number of aryl methyl sites for hydroxylation is 1. The number of rotatable bonds is 4. The van der Waals surface area contributed by atoms with Gasteiger partial charge >= 0.3 is 0 Å². The van der Waals surface area contributed by atoms with Crippen molar-refractivity contribution < 1.29 is 14.8 Å². The Kier molecular flexibility index (Phi) is 4.75. The van der Waals surface area contributed by atoms with Gasteiger partial charge in [0, 0.05) is 12.6 Å². The van der Waals surface area contributed by atoms with Crippen LogP contribution >= 0.6 is 0 Å². The molecule has 1 aromatic rings. The van der Waals surface area contributed by atoms with Gasteiger partial charge in [-0.05, 0) is 43.6 Å². The second-order valence-corrected chi connectivity index (χ2v) is 7.33. The minimum atomic E-state index is -0.950. The zero-order valence-corrected chi connectivity index (χ0v) is 13.9. The molecular weight excluding hydrogens is 296 g/mol. The average Bonchev–Trinajstić information content (AvgIpc) is 2.43. The highest BCUT2D eigenvalue weighted by Gasteiger charge is 2.38. The molecule has 1 aliphatic rings. The fourth-order valence-electron chi connectivity index (χ4n) is 3.55. The molecule has 23 heavy (non-hydrogen) atoms. The number of nitro benzene ring substituents is 1. The van der Waals surface area contributed by atoms with Crippen LogP contribution in [0.2, 0.25) is 0 Å². The first-order chi connectivity index (χ1) is 10.6. The molecule has 6 nitrogen and oxygen atoms in total.